The van der Waals surface area contributed by atoms with E-state index < -0.39 is 0 Å². The quantitative estimate of drug-likeness (QED) is 0.836. The average molecular weight is 243 g/mol. The first-order chi connectivity index (χ1) is 7.41. The lowest BCUT2D eigenvalue weighted by molar-refractivity contribution is -0.129. The summed E-state index contributed by atoms with van der Waals surface area (Å²) in [7, 11) is 3.39. The molecule has 0 bridgehead atoms. The van der Waals surface area contributed by atoms with Gasteiger partial charge in [-0.25, -0.2) is 4.98 Å². The third-order valence-electron chi connectivity index (χ3n) is 2.05. The molecule has 0 radical (unpaired) electrons. The van der Waals surface area contributed by atoms with E-state index in [1.165, 1.54) is 11.1 Å². The monoisotopic (exact) mass is 242 g/mol. The fourth-order valence-corrected chi connectivity index (χ4v) is 1.40. The first-order valence-corrected chi connectivity index (χ1v) is 5.18. The Bertz CT molecular complexity index is 394. The van der Waals surface area contributed by atoms with Crippen LogP contribution in [0, 0.1) is 0 Å². The van der Waals surface area contributed by atoms with Gasteiger partial charge in [0.1, 0.15) is 11.9 Å². The van der Waals surface area contributed by atoms with Gasteiger partial charge in [0.05, 0.1) is 10.7 Å². The number of hydrogen-bond acceptors (Lipinski definition) is 4. The van der Waals surface area contributed by atoms with Gasteiger partial charge in [0.25, 0.3) is 0 Å². The molecular weight excluding hydrogens is 228 g/mol. The Kier molecular flexibility index (Phi) is 3.95. The van der Waals surface area contributed by atoms with Crippen LogP contribution in [0.1, 0.15) is 6.92 Å². The average Bonchev–Trinajstić information content (AvgIpc) is 2.20. The molecular formula is C10H15ClN4O. The minimum Gasteiger partial charge on any atom is -0.396 e. The minimum absolute atomic E-state index is 0.0452. The molecule has 88 valence electrons. The highest BCUT2D eigenvalue weighted by atomic mass is 35.5. The maximum Gasteiger partial charge on any atom is 0.244 e. The van der Waals surface area contributed by atoms with Gasteiger partial charge in [-0.2, -0.15) is 0 Å². The van der Waals surface area contributed by atoms with Crippen molar-refractivity contribution < 1.29 is 4.79 Å². The Labute approximate surface area is 99.6 Å². The normalized spacial score (nSPS) is 12.0. The van der Waals surface area contributed by atoms with Crippen molar-refractivity contribution in [2.75, 3.05) is 25.1 Å². The lowest BCUT2D eigenvalue weighted by Crippen LogP contribution is -2.37. The van der Waals surface area contributed by atoms with Crippen LogP contribution in [-0.4, -0.2) is 35.9 Å². The van der Waals surface area contributed by atoms with Gasteiger partial charge in [0.15, 0.2) is 0 Å². The predicted octanol–water partition coefficient (Wildman–Crippen LogP) is 1.21. The maximum atomic E-state index is 11.6. The third kappa shape index (κ3) is 3.00. The summed E-state index contributed by atoms with van der Waals surface area (Å²) in [5, 5.41) is 3.40. The smallest absolute Gasteiger partial charge is 0.244 e. The van der Waals surface area contributed by atoms with E-state index in [0.29, 0.717) is 16.5 Å². The Morgan fingerprint density at radius 3 is 2.75 bits per heavy atom. The molecule has 0 aliphatic rings. The van der Waals surface area contributed by atoms with Crippen LogP contribution in [0.3, 0.4) is 0 Å². The van der Waals surface area contributed by atoms with Gasteiger partial charge < -0.3 is 16.0 Å². The van der Waals surface area contributed by atoms with Crippen LogP contribution >= 0.6 is 11.6 Å². The van der Waals surface area contributed by atoms with Crippen molar-refractivity contribution in [1.82, 2.24) is 9.88 Å². The Balaban J connectivity index is 2.77. The number of anilines is 2. The third-order valence-corrected chi connectivity index (χ3v) is 2.25. The molecule has 0 fully saturated rings. The molecule has 0 saturated carbocycles. The van der Waals surface area contributed by atoms with E-state index in [4.69, 9.17) is 17.3 Å². The van der Waals surface area contributed by atoms with Crippen molar-refractivity contribution in [1.29, 1.82) is 0 Å². The molecule has 1 amide bonds. The second-order valence-electron chi connectivity index (χ2n) is 3.69. The number of nitrogens with zero attached hydrogens (tertiary/aromatic N) is 2. The van der Waals surface area contributed by atoms with E-state index in [0.717, 1.165) is 0 Å². The molecule has 1 heterocycles. The summed E-state index contributed by atoms with van der Waals surface area (Å²) in [5.74, 6) is 0.420. The van der Waals surface area contributed by atoms with Gasteiger partial charge in [0.2, 0.25) is 5.91 Å². The van der Waals surface area contributed by atoms with Crippen LogP contribution in [-0.2, 0) is 4.79 Å². The molecule has 3 N–H and O–H groups in total. The summed E-state index contributed by atoms with van der Waals surface area (Å²) in [6, 6.07) is 1.20. The zero-order valence-electron chi connectivity index (χ0n) is 9.49. The summed E-state index contributed by atoms with van der Waals surface area (Å²) < 4.78 is 0. The highest BCUT2D eigenvalue weighted by Crippen LogP contribution is 2.20. The molecule has 0 spiro atoms. The van der Waals surface area contributed by atoms with Gasteiger partial charge >= 0.3 is 0 Å². The van der Waals surface area contributed by atoms with Crippen molar-refractivity contribution >= 4 is 29.0 Å². The van der Waals surface area contributed by atoms with E-state index in [-0.39, 0.29) is 11.9 Å². The number of halogens is 1. The number of hydrogen-bond donors (Lipinski definition) is 2. The number of rotatable bonds is 3. The number of carbonyl (C=O) groups is 1. The molecule has 1 unspecified atom stereocenters. The lowest BCUT2D eigenvalue weighted by Gasteiger charge is -2.19. The highest BCUT2D eigenvalue weighted by Gasteiger charge is 2.15. The van der Waals surface area contributed by atoms with Crippen molar-refractivity contribution in [2.45, 2.75) is 13.0 Å². The lowest BCUT2D eigenvalue weighted by atomic mass is 10.3. The van der Waals surface area contributed by atoms with Crippen molar-refractivity contribution in [3.8, 4) is 0 Å². The second kappa shape index (κ2) is 5.03. The fourth-order valence-electron chi connectivity index (χ4n) is 1.23. The van der Waals surface area contributed by atoms with E-state index in [9.17, 15) is 4.79 Å². The van der Waals surface area contributed by atoms with E-state index in [2.05, 4.69) is 10.3 Å². The number of likely N-dealkylation sites (N-methyl/N-ethyl adjacent to an activating group) is 1. The van der Waals surface area contributed by atoms with Gasteiger partial charge in [0, 0.05) is 20.3 Å². The molecule has 16 heavy (non-hydrogen) atoms. The molecule has 0 aromatic carbocycles. The van der Waals surface area contributed by atoms with Crippen LogP contribution in [0.2, 0.25) is 5.02 Å². The van der Waals surface area contributed by atoms with Crippen LogP contribution in [0.4, 0.5) is 11.5 Å². The largest absolute Gasteiger partial charge is 0.396 e. The maximum absolute atomic E-state index is 11.6. The van der Waals surface area contributed by atoms with Gasteiger partial charge in [-0.15, -0.1) is 0 Å². The van der Waals surface area contributed by atoms with E-state index in [1.54, 1.807) is 27.1 Å². The number of aromatic nitrogens is 1. The first kappa shape index (κ1) is 12.6. The SMILES string of the molecule is CC(Nc1ncc(Cl)cc1N)C(=O)N(C)C. The zero-order chi connectivity index (χ0) is 12.3. The number of nitrogen functional groups attached to an aromatic ring is 1. The Morgan fingerprint density at radius 2 is 2.25 bits per heavy atom. The number of pyridine rings is 1. The molecule has 5 nitrogen and oxygen atoms in total. The van der Waals surface area contributed by atoms with Gasteiger partial charge in [-0.05, 0) is 13.0 Å². The summed E-state index contributed by atoms with van der Waals surface area (Å²) in [4.78, 5) is 17.1. The predicted molar refractivity (Wildman–Crippen MR) is 65.4 cm³/mol. The van der Waals surface area contributed by atoms with Gasteiger partial charge in [-0.3, -0.25) is 4.79 Å². The van der Waals surface area contributed by atoms with Crippen LogP contribution in [0.15, 0.2) is 12.3 Å². The molecule has 0 aliphatic carbocycles. The minimum atomic E-state index is -0.383. The van der Waals surface area contributed by atoms with Crippen LogP contribution in [0.25, 0.3) is 0 Å². The molecule has 6 heteroatoms. The first-order valence-electron chi connectivity index (χ1n) is 4.80. The molecule has 1 atom stereocenters. The number of amides is 1. The van der Waals surface area contributed by atoms with Crippen molar-refractivity contribution in [2.24, 2.45) is 0 Å². The molecule has 1 aromatic heterocycles. The number of nitrogens with one attached hydrogen (secondary N) is 1. The Morgan fingerprint density at radius 1 is 1.62 bits per heavy atom. The molecule has 1 aromatic rings. The van der Waals surface area contributed by atoms with Crippen molar-refractivity contribution in [3.05, 3.63) is 17.3 Å². The summed E-state index contributed by atoms with van der Waals surface area (Å²) in [6.45, 7) is 1.75. The molecule has 1 rings (SSSR count). The number of carbonyl (C=O) groups excluding carboxylic acids is 1. The highest BCUT2D eigenvalue weighted by molar-refractivity contribution is 6.30. The van der Waals surface area contributed by atoms with Gasteiger partial charge in [-0.1, -0.05) is 11.6 Å². The zero-order valence-corrected chi connectivity index (χ0v) is 10.2. The molecule has 0 saturated heterocycles. The van der Waals surface area contributed by atoms with Crippen molar-refractivity contribution in [3.63, 3.8) is 0 Å². The Hall–Kier alpha value is -1.49. The topological polar surface area (TPSA) is 71.2 Å². The van der Waals surface area contributed by atoms with Crippen LogP contribution < -0.4 is 11.1 Å². The van der Waals surface area contributed by atoms with Crippen LogP contribution in [0.5, 0.6) is 0 Å². The van der Waals surface area contributed by atoms with E-state index >= 15 is 0 Å². The fraction of sp³-hybridized carbons (Fsp3) is 0.400. The second-order valence-corrected chi connectivity index (χ2v) is 4.13. The standard InChI is InChI=1S/C10H15ClN4O/c1-6(10(16)15(2)3)14-9-8(12)4-7(11)5-13-9/h4-6H,12H2,1-3H3,(H,13,14). The summed E-state index contributed by atoms with van der Waals surface area (Å²) in [5.41, 5.74) is 6.13. The summed E-state index contributed by atoms with van der Waals surface area (Å²) >= 11 is 5.72. The summed E-state index contributed by atoms with van der Waals surface area (Å²) in [6.07, 6.45) is 1.48. The van der Waals surface area contributed by atoms with E-state index in [1.807, 2.05) is 0 Å². The number of nitrogens with two attached hydrogens (primary N) is 1. The molecule has 0 aliphatic heterocycles.